The largest absolute Gasteiger partial charge is 0.507 e. The Hall–Kier alpha value is -3.89. The number of benzene rings is 3. The number of hydrogen-bond donors (Lipinski definition) is 2. The molecule has 3 aromatic carbocycles. The van der Waals surface area contributed by atoms with Gasteiger partial charge in [0.25, 0.3) is 5.78 Å². The van der Waals surface area contributed by atoms with E-state index in [1.165, 1.54) is 29.4 Å². The number of anilines is 1. The number of ether oxygens (including phenoxy) is 2. The van der Waals surface area contributed by atoms with Gasteiger partial charge < -0.3 is 19.7 Å². The van der Waals surface area contributed by atoms with Crippen molar-refractivity contribution in [2.24, 2.45) is 0 Å². The van der Waals surface area contributed by atoms with Crippen LogP contribution in [-0.2, 0) is 9.59 Å². The van der Waals surface area contributed by atoms with Crippen LogP contribution in [0.25, 0.3) is 16.0 Å². The lowest BCUT2D eigenvalue weighted by atomic mass is 9.95. The summed E-state index contributed by atoms with van der Waals surface area (Å²) in [5, 5.41) is 22.2. The molecule has 1 fully saturated rings. The average molecular weight is 609 g/mol. The first-order chi connectivity index (χ1) is 18.6. The lowest BCUT2D eigenvalue weighted by Crippen LogP contribution is -2.29. The van der Waals surface area contributed by atoms with Crippen molar-refractivity contribution in [3.63, 3.8) is 0 Å². The Morgan fingerprint density at radius 1 is 1.15 bits per heavy atom. The van der Waals surface area contributed by atoms with Crippen molar-refractivity contribution in [2.75, 3.05) is 18.6 Å². The molecule has 1 aromatic heterocycles. The molecule has 2 heterocycles. The van der Waals surface area contributed by atoms with Gasteiger partial charge in [0, 0.05) is 5.56 Å². The number of aryl methyl sites for hydroxylation is 2. The molecule has 1 amide bonds. The third kappa shape index (κ3) is 4.63. The number of fused-ring (bicyclic) bond motifs is 1. The monoisotopic (exact) mass is 608 g/mol. The highest BCUT2D eigenvalue weighted by Crippen LogP contribution is 2.47. The minimum absolute atomic E-state index is 0.111. The number of nitrogens with zero attached hydrogens (tertiary/aromatic N) is 2. The highest BCUT2D eigenvalue weighted by atomic mass is 79.9. The van der Waals surface area contributed by atoms with E-state index >= 15 is 0 Å². The third-order valence-corrected chi connectivity index (χ3v) is 8.08. The number of methoxy groups -OCH3 is 1. The molecule has 1 aliphatic rings. The van der Waals surface area contributed by atoms with Gasteiger partial charge in [-0.1, -0.05) is 29.5 Å². The van der Waals surface area contributed by atoms with Crippen LogP contribution in [0.4, 0.5) is 5.13 Å². The van der Waals surface area contributed by atoms with Gasteiger partial charge in [0.1, 0.15) is 11.5 Å². The molecule has 0 aliphatic carbocycles. The first-order valence-corrected chi connectivity index (χ1v) is 13.7. The normalized spacial score (nSPS) is 16.7. The number of Topliss-reactive ketones (excluding diaryl/α,β-unsaturated/α-hetero) is 1. The quantitative estimate of drug-likeness (QED) is 0.148. The van der Waals surface area contributed by atoms with Crippen LogP contribution >= 0.6 is 27.3 Å². The molecule has 1 unspecified atom stereocenters. The lowest BCUT2D eigenvalue weighted by molar-refractivity contribution is -0.132. The zero-order valence-corrected chi connectivity index (χ0v) is 24.0. The second-order valence-corrected chi connectivity index (χ2v) is 11.0. The van der Waals surface area contributed by atoms with Gasteiger partial charge in [-0.15, -0.1) is 0 Å². The summed E-state index contributed by atoms with van der Waals surface area (Å²) in [5.41, 5.74) is 3.38. The van der Waals surface area contributed by atoms with Gasteiger partial charge >= 0.3 is 5.91 Å². The second-order valence-electron chi connectivity index (χ2n) is 9.11. The molecule has 5 rings (SSSR count). The van der Waals surface area contributed by atoms with Gasteiger partial charge in [-0.2, -0.15) is 0 Å². The molecule has 1 saturated heterocycles. The number of hydrogen-bond acceptors (Lipinski definition) is 8. The van der Waals surface area contributed by atoms with Crippen molar-refractivity contribution < 1.29 is 29.3 Å². The van der Waals surface area contributed by atoms with E-state index in [0.29, 0.717) is 33.1 Å². The number of aromatic nitrogens is 1. The molecule has 1 aliphatic heterocycles. The number of aliphatic hydroxyl groups is 1. The van der Waals surface area contributed by atoms with E-state index in [1.807, 2.05) is 32.9 Å². The molecule has 4 aromatic rings. The predicted molar refractivity (Wildman–Crippen MR) is 154 cm³/mol. The molecule has 0 spiro atoms. The Morgan fingerprint density at radius 3 is 2.64 bits per heavy atom. The number of carbonyl (C=O) groups excluding carboxylic acids is 2. The molecular formula is C29H25BrN2O6S. The van der Waals surface area contributed by atoms with E-state index < -0.39 is 17.7 Å². The molecule has 2 N–H and O–H groups in total. The van der Waals surface area contributed by atoms with E-state index in [0.717, 1.165) is 21.3 Å². The standard InChI is InChI=1S/C29H25BrN2O6S/c1-5-38-18-8-6-7-16(11-18)25(33)22-24(17-12-19(30)26(34)20(13-17)37-4)32(28(36)27(22)35)29-31-23-15(3)9-14(2)10-21(23)39-29/h6-13,24,33-34H,5H2,1-4H3. The summed E-state index contributed by atoms with van der Waals surface area (Å²) in [4.78, 5) is 33.2. The van der Waals surface area contributed by atoms with Crippen molar-refractivity contribution in [3.05, 3.63) is 80.8 Å². The van der Waals surface area contributed by atoms with Gasteiger partial charge in [-0.25, -0.2) is 4.98 Å². The Labute approximate surface area is 237 Å². The van der Waals surface area contributed by atoms with Gasteiger partial charge in [0.15, 0.2) is 16.6 Å². The number of ketones is 1. The fourth-order valence-corrected chi connectivity index (χ4v) is 6.40. The summed E-state index contributed by atoms with van der Waals surface area (Å²) in [6, 6.07) is 12.8. The Bertz CT molecular complexity index is 1680. The summed E-state index contributed by atoms with van der Waals surface area (Å²) in [6.07, 6.45) is 0. The number of halogens is 1. The number of phenolic OH excluding ortho intramolecular Hbond substituents is 1. The summed E-state index contributed by atoms with van der Waals surface area (Å²) in [6.45, 7) is 6.19. The van der Waals surface area contributed by atoms with Crippen LogP contribution in [0.15, 0.2) is 58.6 Å². The van der Waals surface area contributed by atoms with E-state index in [1.54, 1.807) is 30.3 Å². The predicted octanol–water partition coefficient (Wildman–Crippen LogP) is 6.41. The van der Waals surface area contributed by atoms with Crippen molar-refractivity contribution in [3.8, 4) is 17.2 Å². The average Bonchev–Trinajstić information content (AvgIpc) is 3.44. The summed E-state index contributed by atoms with van der Waals surface area (Å²) >= 11 is 4.63. The molecular weight excluding hydrogens is 584 g/mol. The Kier molecular flexibility index (Phi) is 7.09. The molecule has 0 radical (unpaired) electrons. The minimum Gasteiger partial charge on any atom is -0.507 e. The first-order valence-electron chi connectivity index (χ1n) is 12.1. The topological polar surface area (TPSA) is 109 Å². The second kappa shape index (κ2) is 10.3. The maximum absolute atomic E-state index is 13.6. The van der Waals surface area contributed by atoms with Crippen molar-refractivity contribution >= 4 is 60.1 Å². The smallest absolute Gasteiger partial charge is 0.301 e. The highest BCUT2D eigenvalue weighted by Gasteiger charge is 2.48. The van der Waals surface area contributed by atoms with Crippen LogP contribution in [0, 0.1) is 13.8 Å². The molecule has 1 atom stereocenters. The van der Waals surface area contributed by atoms with Crippen LogP contribution < -0.4 is 14.4 Å². The molecule has 8 nitrogen and oxygen atoms in total. The fourth-order valence-electron chi connectivity index (χ4n) is 4.77. The third-order valence-electron chi connectivity index (χ3n) is 6.47. The summed E-state index contributed by atoms with van der Waals surface area (Å²) in [7, 11) is 1.40. The lowest BCUT2D eigenvalue weighted by Gasteiger charge is -2.24. The van der Waals surface area contributed by atoms with Gasteiger partial charge in [-0.05, 0) is 83.7 Å². The van der Waals surface area contributed by atoms with Gasteiger partial charge in [0.05, 0.1) is 40.0 Å². The first kappa shape index (κ1) is 26.7. The molecule has 0 bridgehead atoms. The number of thiazole rings is 1. The van der Waals surface area contributed by atoms with Crippen molar-refractivity contribution in [2.45, 2.75) is 26.8 Å². The van der Waals surface area contributed by atoms with Gasteiger partial charge in [-0.3, -0.25) is 14.5 Å². The maximum Gasteiger partial charge on any atom is 0.301 e. The van der Waals surface area contributed by atoms with Crippen LogP contribution in [0.5, 0.6) is 17.2 Å². The zero-order chi connectivity index (χ0) is 28.0. The van der Waals surface area contributed by atoms with Crippen LogP contribution in [0.2, 0.25) is 0 Å². The van der Waals surface area contributed by atoms with E-state index in [9.17, 15) is 19.8 Å². The van der Waals surface area contributed by atoms with E-state index in [2.05, 4.69) is 15.9 Å². The molecule has 200 valence electrons. The van der Waals surface area contributed by atoms with Gasteiger partial charge in [0.2, 0.25) is 0 Å². The van der Waals surface area contributed by atoms with Crippen LogP contribution in [0.1, 0.15) is 35.2 Å². The van der Waals surface area contributed by atoms with Crippen LogP contribution in [0.3, 0.4) is 0 Å². The summed E-state index contributed by atoms with van der Waals surface area (Å²) in [5.74, 6) is -1.50. The number of aliphatic hydroxyl groups excluding tert-OH is 1. The zero-order valence-electron chi connectivity index (χ0n) is 21.6. The van der Waals surface area contributed by atoms with E-state index in [-0.39, 0.29) is 22.8 Å². The van der Waals surface area contributed by atoms with E-state index in [4.69, 9.17) is 14.5 Å². The molecule has 10 heteroatoms. The number of carbonyl (C=O) groups is 2. The molecule has 39 heavy (non-hydrogen) atoms. The Balaban J connectivity index is 1.77. The van der Waals surface area contributed by atoms with Crippen LogP contribution in [-0.4, -0.2) is 40.6 Å². The molecule has 0 saturated carbocycles. The summed E-state index contributed by atoms with van der Waals surface area (Å²) < 4.78 is 12.1. The van der Waals surface area contributed by atoms with Crippen molar-refractivity contribution in [1.82, 2.24) is 4.98 Å². The number of rotatable bonds is 6. The fraction of sp³-hybridized carbons (Fsp3) is 0.207. The maximum atomic E-state index is 13.6. The number of aromatic hydroxyl groups is 1. The number of phenols is 1. The number of amides is 1. The Morgan fingerprint density at radius 2 is 1.92 bits per heavy atom. The minimum atomic E-state index is -1.05. The SMILES string of the molecule is CCOc1cccc(C(O)=C2C(=O)C(=O)N(c3nc4c(C)cc(C)cc4s3)C2c2cc(Br)c(O)c(OC)c2)c1. The highest BCUT2D eigenvalue weighted by molar-refractivity contribution is 9.10. The van der Waals surface area contributed by atoms with Crippen molar-refractivity contribution in [1.29, 1.82) is 0 Å².